The lowest BCUT2D eigenvalue weighted by molar-refractivity contribution is -0.137. The number of carboxylic acid groups (broad SMARTS) is 1. The van der Waals surface area contributed by atoms with Gasteiger partial charge >= 0.3 is 17.3 Å². The largest absolute Gasteiger partial charge is 0.481 e. The van der Waals surface area contributed by atoms with Gasteiger partial charge in [0.15, 0.2) is 0 Å². The van der Waals surface area contributed by atoms with Gasteiger partial charge in [0, 0.05) is 17.9 Å². The Balaban J connectivity index is 1.63. The number of hydrogen-bond acceptors (Lipinski definition) is 7. The molecule has 0 aliphatic heterocycles. The molecule has 4 rings (SSSR count). The van der Waals surface area contributed by atoms with Crippen LogP contribution in [0.4, 0.5) is 11.6 Å². The van der Waals surface area contributed by atoms with E-state index in [0.717, 1.165) is 21.4 Å². The van der Waals surface area contributed by atoms with Crippen LogP contribution in [-0.2, 0) is 17.9 Å². The highest BCUT2D eigenvalue weighted by Crippen LogP contribution is 2.23. The number of carbonyl (C=O) groups is 1. The van der Waals surface area contributed by atoms with Crippen molar-refractivity contribution in [1.29, 1.82) is 0 Å². The molecule has 0 saturated carbocycles. The van der Waals surface area contributed by atoms with Gasteiger partial charge in [0.2, 0.25) is 5.95 Å². The average molecular weight is 488 g/mol. The number of aliphatic carboxylic acids is 1. The molecule has 0 spiro atoms. The predicted molar refractivity (Wildman–Crippen MR) is 134 cm³/mol. The molecule has 0 unspecified atom stereocenters. The van der Waals surface area contributed by atoms with E-state index in [1.807, 2.05) is 50.2 Å². The number of hydrogen-bond donors (Lipinski definition) is 2. The molecule has 0 amide bonds. The van der Waals surface area contributed by atoms with Gasteiger partial charge in [-0.2, -0.15) is 4.98 Å². The number of anilines is 2. The Morgan fingerprint density at radius 1 is 0.944 bits per heavy atom. The average Bonchev–Trinajstić information content (AvgIpc) is 2.85. The van der Waals surface area contributed by atoms with E-state index in [1.54, 1.807) is 30.5 Å². The zero-order valence-electron chi connectivity index (χ0n) is 19.8. The van der Waals surface area contributed by atoms with Crippen LogP contribution < -0.4 is 21.4 Å². The number of aromatic nitrogens is 4. The number of rotatable bonds is 9. The van der Waals surface area contributed by atoms with E-state index in [1.165, 1.54) is 4.57 Å². The second-order valence-electron chi connectivity index (χ2n) is 8.25. The lowest BCUT2D eigenvalue weighted by atomic mass is 10.1. The van der Waals surface area contributed by atoms with Crippen LogP contribution in [0.15, 0.2) is 76.4 Å². The molecule has 2 N–H and O–H groups in total. The van der Waals surface area contributed by atoms with E-state index >= 15 is 0 Å². The zero-order chi connectivity index (χ0) is 25.7. The highest BCUT2D eigenvalue weighted by molar-refractivity contribution is 5.66. The summed E-state index contributed by atoms with van der Waals surface area (Å²) in [5, 5.41) is 12.0. The van der Waals surface area contributed by atoms with Gasteiger partial charge in [-0.15, -0.1) is 0 Å². The Morgan fingerprint density at radius 3 is 2.28 bits per heavy atom. The predicted octanol–water partition coefficient (Wildman–Crippen LogP) is 3.48. The fraction of sp³-hybridized carbons (Fsp3) is 0.192. The summed E-state index contributed by atoms with van der Waals surface area (Å²) in [6.07, 6.45) is 1.26. The second-order valence-corrected chi connectivity index (χ2v) is 8.25. The van der Waals surface area contributed by atoms with Crippen LogP contribution >= 0.6 is 0 Å². The van der Waals surface area contributed by atoms with Gasteiger partial charge in [0.25, 0.3) is 0 Å². The Morgan fingerprint density at radius 2 is 1.64 bits per heavy atom. The van der Waals surface area contributed by atoms with Crippen molar-refractivity contribution < 1.29 is 14.6 Å². The molecule has 10 heteroatoms. The molecule has 2 aromatic heterocycles. The van der Waals surface area contributed by atoms with Crippen molar-refractivity contribution in [1.82, 2.24) is 19.1 Å². The minimum absolute atomic E-state index is 0.0496. The minimum Gasteiger partial charge on any atom is -0.481 e. The third-order valence-corrected chi connectivity index (χ3v) is 5.39. The maximum Gasteiger partial charge on any atom is 0.354 e. The summed E-state index contributed by atoms with van der Waals surface area (Å²) in [7, 11) is 0. The second kappa shape index (κ2) is 10.7. The lowest BCUT2D eigenvalue weighted by Gasteiger charge is -2.16. The van der Waals surface area contributed by atoms with Crippen molar-refractivity contribution in [3.8, 4) is 11.5 Å². The van der Waals surface area contributed by atoms with Gasteiger partial charge in [0.05, 0.1) is 19.2 Å². The zero-order valence-corrected chi connectivity index (χ0v) is 19.8. The summed E-state index contributed by atoms with van der Waals surface area (Å²) < 4.78 is 7.94. The topological polar surface area (TPSA) is 128 Å². The van der Waals surface area contributed by atoms with E-state index in [2.05, 4.69) is 15.3 Å². The molecule has 0 radical (unpaired) electrons. The van der Waals surface area contributed by atoms with Crippen molar-refractivity contribution in [2.45, 2.75) is 33.4 Å². The van der Waals surface area contributed by atoms with Crippen LogP contribution in [0.3, 0.4) is 0 Å². The molecule has 184 valence electrons. The monoisotopic (exact) mass is 487 g/mol. The van der Waals surface area contributed by atoms with Crippen molar-refractivity contribution >= 4 is 17.6 Å². The molecule has 2 heterocycles. The van der Waals surface area contributed by atoms with Gasteiger partial charge < -0.3 is 15.2 Å². The first-order valence-corrected chi connectivity index (χ1v) is 11.2. The van der Waals surface area contributed by atoms with E-state index in [9.17, 15) is 14.4 Å². The van der Waals surface area contributed by atoms with Crippen LogP contribution in [0.2, 0.25) is 0 Å². The summed E-state index contributed by atoms with van der Waals surface area (Å²) in [5.41, 5.74) is 1.89. The molecule has 36 heavy (non-hydrogen) atoms. The highest BCUT2D eigenvalue weighted by Gasteiger charge is 2.15. The maximum absolute atomic E-state index is 13.2. The van der Waals surface area contributed by atoms with Gasteiger partial charge in [-0.3, -0.25) is 14.3 Å². The Labute approximate surface area is 206 Å². The summed E-state index contributed by atoms with van der Waals surface area (Å²) in [4.78, 5) is 45.0. The van der Waals surface area contributed by atoms with Crippen molar-refractivity contribution in [2.24, 2.45) is 0 Å². The number of nitrogens with one attached hydrogen (secondary N) is 1. The molecular formula is C26H25N5O5. The molecule has 2 aromatic carbocycles. The third kappa shape index (κ3) is 6.03. The Hall–Kier alpha value is -4.73. The van der Waals surface area contributed by atoms with E-state index in [0.29, 0.717) is 17.2 Å². The molecule has 0 aliphatic rings. The Bertz CT molecular complexity index is 1470. The van der Waals surface area contributed by atoms with E-state index in [4.69, 9.17) is 9.84 Å². The van der Waals surface area contributed by atoms with E-state index < -0.39 is 17.3 Å². The molecule has 4 aromatic rings. The summed E-state index contributed by atoms with van der Waals surface area (Å²) in [5.74, 6) is 0.117. The molecule has 0 atom stereocenters. The third-order valence-electron chi connectivity index (χ3n) is 5.39. The number of benzene rings is 2. The molecular weight excluding hydrogens is 462 g/mol. The summed E-state index contributed by atoms with van der Waals surface area (Å²) >= 11 is 0. The molecule has 0 bridgehead atoms. The Kier molecular flexibility index (Phi) is 7.24. The lowest BCUT2D eigenvalue weighted by Crippen LogP contribution is -2.43. The first-order chi connectivity index (χ1) is 17.3. The summed E-state index contributed by atoms with van der Waals surface area (Å²) in [6.45, 7) is 3.72. The number of nitrogens with zero attached hydrogens (tertiary/aromatic N) is 4. The highest BCUT2D eigenvalue weighted by atomic mass is 16.5. The van der Waals surface area contributed by atoms with Crippen LogP contribution in [0.5, 0.6) is 11.5 Å². The van der Waals surface area contributed by atoms with Gasteiger partial charge in [-0.05, 0) is 55.8 Å². The quantitative estimate of drug-likeness (QED) is 0.367. The summed E-state index contributed by atoms with van der Waals surface area (Å²) in [6, 6.07) is 18.2. The SMILES string of the molecule is Cc1ccc(Cn2c(Nc3ccc(Oc4ccc(C)nc4)cc3)nc(=O)n(CCC(=O)O)c2=O)cc1. The smallest absolute Gasteiger partial charge is 0.354 e. The van der Waals surface area contributed by atoms with Gasteiger partial charge in [-0.25, -0.2) is 14.2 Å². The van der Waals surface area contributed by atoms with Crippen molar-refractivity contribution in [2.75, 3.05) is 5.32 Å². The molecule has 0 saturated heterocycles. The van der Waals surface area contributed by atoms with Crippen molar-refractivity contribution in [3.63, 3.8) is 0 Å². The number of pyridine rings is 1. The maximum atomic E-state index is 13.2. The van der Waals surface area contributed by atoms with Gasteiger partial charge in [-0.1, -0.05) is 29.8 Å². The van der Waals surface area contributed by atoms with Gasteiger partial charge in [0.1, 0.15) is 11.5 Å². The van der Waals surface area contributed by atoms with Crippen LogP contribution in [-0.4, -0.2) is 30.2 Å². The molecule has 0 fully saturated rings. The molecule has 10 nitrogen and oxygen atoms in total. The van der Waals surface area contributed by atoms with Crippen LogP contribution in [0.1, 0.15) is 23.2 Å². The first kappa shape index (κ1) is 24.4. The van der Waals surface area contributed by atoms with Crippen LogP contribution in [0, 0.1) is 13.8 Å². The fourth-order valence-corrected chi connectivity index (χ4v) is 3.43. The fourth-order valence-electron chi connectivity index (χ4n) is 3.43. The van der Waals surface area contributed by atoms with Crippen molar-refractivity contribution in [3.05, 3.63) is 105 Å². The molecule has 0 aliphatic carbocycles. The number of carboxylic acids is 1. The minimum atomic E-state index is -1.11. The number of aryl methyl sites for hydroxylation is 2. The van der Waals surface area contributed by atoms with E-state index in [-0.39, 0.29) is 25.5 Å². The normalized spacial score (nSPS) is 10.7. The standard InChI is InChI=1S/C26H25N5O5/c1-17-3-6-19(7-4-17)16-31-24(29-25(34)30(26(31)35)14-13-23(32)33)28-20-8-11-21(12-9-20)36-22-10-5-18(2)27-15-22/h3-12,15H,13-14,16H2,1-2H3,(H,32,33)(H,28,29,34). The number of ether oxygens (including phenoxy) is 1. The van der Waals surface area contributed by atoms with Crippen LogP contribution in [0.25, 0.3) is 0 Å². The first-order valence-electron chi connectivity index (χ1n) is 11.2.